The van der Waals surface area contributed by atoms with Crippen LogP contribution in [0.2, 0.25) is 5.02 Å². The van der Waals surface area contributed by atoms with E-state index in [-0.39, 0.29) is 23.7 Å². The molecule has 0 bridgehead atoms. The van der Waals surface area contributed by atoms with Gasteiger partial charge in [0.1, 0.15) is 5.82 Å². The van der Waals surface area contributed by atoms with E-state index in [2.05, 4.69) is 5.32 Å². The fourth-order valence-electron chi connectivity index (χ4n) is 2.57. The Balaban J connectivity index is 1.85. The zero-order chi connectivity index (χ0) is 18.7. The molecule has 2 aromatic rings. The molecule has 1 heterocycles. The molecule has 3 rings (SSSR count). The van der Waals surface area contributed by atoms with Crippen LogP contribution in [0.5, 0.6) is 0 Å². The maximum atomic E-state index is 13.2. The molecule has 1 atom stereocenters. The molecular formula is C18H14ClFN2O4. The van der Waals surface area contributed by atoms with E-state index in [0.29, 0.717) is 5.56 Å². The number of rotatable bonds is 5. The van der Waals surface area contributed by atoms with Crippen molar-refractivity contribution in [2.75, 3.05) is 13.2 Å². The second-order valence-electron chi connectivity index (χ2n) is 5.62. The molecule has 1 N–H and O–H groups in total. The number of halogens is 2. The van der Waals surface area contributed by atoms with Gasteiger partial charge in [0, 0.05) is 0 Å². The number of carbonyl (C=O) groups is 3. The van der Waals surface area contributed by atoms with Crippen molar-refractivity contribution in [1.82, 2.24) is 10.2 Å². The summed E-state index contributed by atoms with van der Waals surface area (Å²) in [5, 5.41) is 2.69. The Labute approximate surface area is 153 Å². The van der Waals surface area contributed by atoms with Crippen LogP contribution < -0.4 is 5.32 Å². The summed E-state index contributed by atoms with van der Waals surface area (Å²) >= 11 is 5.93. The van der Waals surface area contributed by atoms with Crippen LogP contribution in [-0.2, 0) is 9.53 Å². The van der Waals surface area contributed by atoms with Crippen LogP contribution in [0.3, 0.4) is 0 Å². The average molecular weight is 377 g/mol. The highest BCUT2D eigenvalue weighted by molar-refractivity contribution is 6.33. The van der Waals surface area contributed by atoms with Crippen LogP contribution in [0.4, 0.5) is 9.18 Å². The first-order valence-electron chi connectivity index (χ1n) is 7.73. The van der Waals surface area contributed by atoms with Crippen LogP contribution in [0.1, 0.15) is 22.0 Å². The van der Waals surface area contributed by atoms with Gasteiger partial charge >= 0.3 is 6.09 Å². The molecule has 0 spiro atoms. The molecule has 1 fully saturated rings. The van der Waals surface area contributed by atoms with Crippen LogP contribution in [0, 0.1) is 5.82 Å². The van der Waals surface area contributed by atoms with Crippen molar-refractivity contribution in [2.45, 2.75) is 6.04 Å². The summed E-state index contributed by atoms with van der Waals surface area (Å²) in [6.07, 6.45) is -0.759. The third-order valence-corrected chi connectivity index (χ3v) is 4.20. The van der Waals surface area contributed by atoms with E-state index in [1.54, 1.807) is 30.3 Å². The van der Waals surface area contributed by atoms with Crippen LogP contribution in [0.15, 0.2) is 48.5 Å². The van der Waals surface area contributed by atoms with E-state index < -0.39 is 29.8 Å². The minimum absolute atomic E-state index is 0.0361. The molecule has 3 amide bonds. The molecule has 1 unspecified atom stereocenters. The number of ether oxygens (including phenoxy) is 1. The lowest BCUT2D eigenvalue weighted by Crippen LogP contribution is -2.40. The Morgan fingerprint density at radius 3 is 2.58 bits per heavy atom. The number of hydrogen-bond acceptors (Lipinski definition) is 4. The zero-order valence-corrected chi connectivity index (χ0v) is 14.2. The lowest BCUT2D eigenvalue weighted by Gasteiger charge is -2.23. The van der Waals surface area contributed by atoms with E-state index in [1.165, 1.54) is 6.07 Å². The van der Waals surface area contributed by atoms with Crippen molar-refractivity contribution in [3.8, 4) is 0 Å². The van der Waals surface area contributed by atoms with Crippen molar-refractivity contribution in [3.05, 3.63) is 70.5 Å². The molecule has 1 aliphatic heterocycles. The number of nitrogens with one attached hydrogen (secondary N) is 1. The summed E-state index contributed by atoms with van der Waals surface area (Å²) in [5.41, 5.74) is 0.774. The van der Waals surface area contributed by atoms with Gasteiger partial charge in [0.2, 0.25) is 0 Å². The van der Waals surface area contributed by atoms with Gasteiger partial charge in [-0.1, -0.05) is 41.9 Å². The highest BCUT2D eigenvalue weighted by atomic mass is 35.5. The Bertz CT molecular complexity index is 844. The summed E-state index contributed by atoms with van der Waals surface area (Å²) in [6, 6.07) is 11.6. The number of carbonyl (C=O) groups excluding carboxylic acids is 3. The second-order valence-corrected chi connectivity index (χ2v) is 6.03. The summed E-state index contributed by atoms with van der Waals surface area (Å²) in [5.74, 6) is -1.59. The van der Waals surface area contributed by atoms with Crippen LogP contribution in [0.25, 0.3) is 0 Å². The number of cyclic esters (lactones) is 1. The van der Waals surface area contributed by atoms with E-state index in [1.807, 2.05) is 0 Å². The van der Waals surface area contributed by atoms with Crippen molar-refractivity contribution in [3.63, 3.8) is 0 Å². The first kappa shape index (κ1) is 17.9. The largest absolute Gasteiger partial charge is 0.439 e. The SMILES string of the molecule is O=C(NC(CN1C(=O)COC1=O)c1ccccc1)c1ccc(F)cc1Cl. The van der Waals surface area contributed by atoms with Gasteiger partial charge in [-0.3, -0.25) is 9.59 Å². The first-order chi connectivity index (χ1) is 12.5. The molecule has 134 valence electrons. The minimum atomic E-state index is -0.759. The standard InChI is InChI=1S/C18H14ClFN2O4/c19-14-8-12(20)6-7-13(14)17(24)21-15(11-4-2-1-3-5-11)9-22-16(23)10-26-18(22)25/h1-8,15H,9-10H2,(H,21,24). The molecule has 2 aromatic carbocycles. The summed E-state index contributed by atoms with van der Waals surface area (Å²) in [6.45, 7) is -0.412. The number of benzene rings is 2. The first-order valence-corrected chi connectivity index (χ1v) is 8.11. The fraction of sp³-hybridized carbons (Fsp3) is 0.167. The van der Waals surface area contributed by atoms with Crippen molar-refractivity contribution in [1.29, 1.82) is 0 Å². The topological polar surface area (TPSA) is 75.7 Å². The maximum absolute atomic E-state index is 13.2. The van der Waals surface area contributed by atoms with Gasteiger partial charge in [0.25, 0.3) is 11.8 Å². The predicted molar refractivity (Wildman–Crippen MR) is 91.1 cm³/mol. The van der Waals surface area contributed by atoms with Gasteiger partial charge in [-0.05, 0) is 23.8 Å². The lowest BCUT2D eigenvalue weighted by molar-refractivity contribution is -0.126. The molecule has 1 saturated heterocycles. The molecule has 0 radical (unpaired) electrons. The molecule has 0 aliphatic carbocycles. The molecule has 26 heavy (non-hydrogen) atoms. The fourth-order valence-corrected chi connectivity index (χ4v) is 2.82. The summed E-state index contributed by atoms with van der Waals surface area (Å²) < 4.78 is 17.9. The molecular weight excluding hydrogens is 363 g/mol. The Morgan fingerprint density at radius 1 is 1.23 bits per heavy atom. The minimum Gasteiger partial charge on any atom is -0.439 e. The number of imide groups is 1. The van der Waals surface area contributed by atoms with E-state index >= 15 is 0 Å². The highest BCUT2D eigenvalue weighted by Crippen LogP contribution is 2.21. The van der Waals surface area contributed by atoms with E-state index in [9.17, 15) is 18.8 Å². The third-order valence-electron chi connectivity index (χ3n) is 3.89. The molecule has 0 aromatic heterocycles. The van der Waals surface area contributed by atoms with Gasteiger partial charge in [0.15, 0.2) is 6.61 Å². The Morgan fingerprint density at radius 2 is 1.96 bits per heavy atom. The highest BCUT2D eigenvalue weighted by Gasteiger charge is 2.34. The molecule has 6 nitrogen and oxygen atoms in total. The van der Waals surface area contributed by atoms with Gasteiger partial charge in [-0.2, -0.15) is 0 Å². The number of amides is 3. The maximum Gasteiger partial charge on any atom is 0.417 e. The van der Waals surface area contributed by atoms with Crippen molar-refractivity contribution < 1.29 is 23.5 Å². The van der Waals surface area contributed by atoms with Crippen molar-refractivity contribution in [2.24, 2.45) is 0 Å². The Kier molecular flexibility index (Phi) is 5.18. The monoisotopic (exact) mass is 376 g/mol. The van der Waals surface area contributed by atoms with Crippen LogP contribution >= 0.6 is 11.6 Å². The van der Waals surface area contributed by atoms with E-state index in [4.69, 9.17) is 16.3 Å². The summed E-state index contributed by atoms with van der Waals surface area (Å²) in [7, 11) is 0. The lowest BCUT2D eigenvalue weighted by atomic mass is 10.1. The molecule has 8 heteroatoms. The average Bonchev–Trinajstić information content (AvgIpc) is 2.93. The predicted octanol–water partition coefficient (Wildman–Crippen LogP) is 2.93. The second kappa shape index (κ2) is 7.53. The zero-order valence-electron chi connectivity index (χ0n) is 13.4. The smallest absolute Gasteiger partial charge is 0.417 e. The molecule has 0 saturated carbocycles. The van der Waals surface area contributed by atoms with Gasteiger partial charge in [0.05, 0.1) is 23.2 Å². The van der Waals surface area contributed by atoms with Crippen molar-refractivity contribution >= 4 is 29.5 Å². The van der Waals surface area contributed by atoms with E-state index in [0.717, 1.165) is 17.0 Å². The van der Waals surface area contributed by atoms with Crippen LogP contribution in [-0.4, -0.2) is 36.0 Å². The van der Waals surface area contributed by atoms with Gasteiger partial charge < -0.3 is 10.1 Å². The molecule has 1 aliphatic rings. The Hall–Kier alpha value is -2.93. The number of hydrogen-bond donors (Lipinski definition) is 1. The summed E-state index contributed by atoms with van der Waals surface area (Å²) in [4.78, 5) is 37.0. The normalized spacial score (nSPS) is 14.9. The van der Waals surface area contributed by atoms with Gasteiger partial charge in [-0.25, -0.2) is 14.1 Å². The van der Waals surface area contributed by atoms with Gasteiger partial charge in [-0.15, -0.1) is 0 Å². The number of nitrogens with zero attached hydrogens (tertiary/aromatic N) is 1. The third kappa shape index (κ3) is 3.83. The quantitative estimate of drug-likeness (QED) is 0.870.